The van der Waals surface area contributed by atoms with Crippen LogP contribution in [0.4, 0.5) is 11.4 Å². The summed E-state index contributed by atoms with van der Waals surface area (Å²) in [5, 5.41) is 30.5. The summed E-state index contributed by atoms with van der Waals surface area (Å²) < 4.78 is 1.62. The predicted molar refractivity (Wildman–Crippen MR) is 110 cm³/mol. The van der Waals surface area contributed by atoms with Crippen LogP contribution in [0.25, 0.3) is 16.5 Å². The lowest BCUT2D eigenvalue weighted by atomic mass is 10.1. The van der Waals surface area contributed by atoms with Gasteiger partial charge in [-0.25, -0.2) is 0 Å². The SMILES string of the molecule is O=C(CNCc1nnnn1-c1cccc2ccccc12)Nc1ccccc1[N+](=O)[O-]. The molecule has 0 spiro atoms. The van der Waals surface area contributed by atoms with E-state index in [0.717, 1.165) is 16.5 Å². The minimum atomic E-state index is -0.540. The van der Waals surface area contributed by atoms with E-state index >= 15 is 0 Å². The van der Waals surface area contributed by atoms with Gasteiger partial charge >= 0.3 is 0 Å². The van der Waals surface area contributed by atoms with Gasteiger partial charge in [-0.1, -0.05) is 48.5 Å². The number of hydrogen-bond acceptors (Lipinski definition) is 7. The Labute approximate surface area is 170 Å². The van der Waals surface area contributed by atoms with Crippen molar-refractivity contribution in [3.8, 4) is 5.69 Å². The Kier molecular flexibility index (Phi) is 5.39. The quantitative estimate of drug-likeness (QED) is 0.358. The van der Waals surface area contributed by atoms with Crippen LogP contribution in [0.2, 0.25) is 0 Å². The van der Waals surface area contributed by atoms with Crippen LogP contribution in [-0.4, -0.2) is 37.6 Å². The number of benzene rings is 3. The van der Waals surface area contributed by atoms with Crippen LogP contribution in [0.5, 0.6) is 0 Å². The van der Waals surface area contributed by atoms with Crippen molar-refractivity contribution in [1.29, 1.82) is 0 Å². The molecule has 3 aromatic carbocycles. The number of carbonyl (C=O) groups excluding carboxylic acids is 1. The van der Waals surface area contributed by atoms with Gasteiger partial charge in [-0.05, 0) is 27.9 Å². The van der Waals surface area contributed by atoms with Crippen molar-refractivity contribution in [2.75, 3.05) is 11.9 Å². The Morgan fingerprint density at radius 2 is 1.80 bits per heavy atom. The number of anilines is 1. The summed E-state index contributed by atoms with van der Waals surface area (Å²) in [5.74, 6) is 0.123. The lowest BCUT2D eigenvalue weighted by Crippen LogP contribution is -2.29. The molecule has 2 N–H and O–H groups in total. The summed E-state index contributed by atoms with van der Waals surface area (Å²) in [6, 6.07) is 19.7. The smallest absolute Gasteiger partial charge is 0.292 e. The first kappa shape index (κ1) is 19.2. The largest absolute Gasteiger partial charge is 0.319 e. The van der Waals surface area contributed by atoms with Crippen LogP contribution in [0, 0.1) is 10.1 Å². The Balaban J connectivity index is 1.43. The highest BCUT2D eigenvalue weighted by Gasteiger charge is 2.15. The third kappa shape index (κ3) is 3.98. The average Bonchev–Trinajstić information content (AvgIpc) is 3.22. The zero-order chi connectivity index (χ0) is 20.9. The number of nitrogens with one attached hydrogen (secondary N) is 2. The minimum absolute atomic E-state index is 0.0611. The van der Waals surface area contributed by atoms with E-state index < -0.39 is 10.8 Å². The number of rotatable bonds is 7. The van der Waals surface area contributed by atoms with Crippen LogP contribution in [0.1, 0.15) is 5.82 Å². The molecule has 4 rings (SSSR count). The molecule has 0 radical (unpaired) electrons. The molecule has 10 nitrogen and oxygen atoms in total. The molecule has 0 fully saturated rings. The van der Waals surface area contributed by atoms with Gasteiger partial charge in [0, 0.05) is 11.5 Å². The molecular formula is C20H17N7O3. The van der Waals surface area contributed by atoms with Crippen LogP contribution >= 0.6 is 0 Å². The Morgan fingerprint density at radius 3 is 2.67 bits per heavy atom. The first-order chi connectivity index (χ1) is 14.6. The van der Waals surface area contributed by atoms with Crippen molar-refractivity contribution >= 4 is 28.1 Å². The molecule has 4 aromatic rings. The number of nitrogens with zero attached hydrogens (tertiary/aromatic N) is 5. The average molecular weight is 403 g/mol. The maximum atomic E-state index is 12.2. The number of nitro benzene ring substituents is 1. The lowest BCUT2D eigenvalue weighted by molar-refractivity contribution is -0.383. The van der Waals surface area contributed by atoms with Gasteiger partial charge < -0.3 is 10.6 Å². The molecule has 0 saturated carbocycles. The number of hydrogen-bond donors (Lipinski definition) is 2. The number of nitro groups is 1. The van der Waals surface area contributed by atoms with E-state index in [2.05, 4.69) is 26.2 Å². The van der Waals surface area contributed by atoms with Gasteiger partial charge in [-0.3, -0.25) is 14.9 Å². The van der Waals surface area contributed by atoms with Crippen molar-refractivity contribution in [2.45, 2.75) is 6.54 Å². The van der Waals surface area contributed by atoms with E-state index in [1.54, 1.807) is 16.8 Å². The lowest BCUT2D eigenvalue weighted by Gasteiger charge is -2.09. The Hall–Kier alpha value is -4.18. The Morgan fingerprint density at radius 1 is 1.03 bits per heavy atom. The van der Waals surface area contributed by atoms with Gasteiger partial charge in [0.1, 0.15) is 5.69 Å². The third-order valence-corrected chi connectivity index (χ3v) is 4.47. The monoisotopic (exact) mass is 403 g/mol. The first-order valence-corrected chi connectivity index (χ1v) is 9.13. The minimum Gasteiger partial charge on any atom is -0.319 e. The van der Waals surface area contributed by atoms with Gasteiger partial charge in [0.25, 0.3) is 5.69 Å². The van der Waals surface area contributed by atoms with Crippen LogP contribution in [-0.2, 0) is 11.3 Å². The maximum absolute atomic E-state index is 12.2. The number of aromatic nitrogens is 4. The fourth-order valence-corrected chi connectivity index (χ4v) is 3.12. The van der Waals surface area contributed by atoms with Gasteiger partial charge in [0.05, 0.1) is 23.7 Å². The highest BCUT2D eigenvalue weighted by molar-refractivity contribution is 5.94. The molecular weight excluding hydrogens is 386 g/mol. The van der Waals surface area contributed by atoms with Gasteiger partial charge in [0.15, 0.2) is 5.82 Å². The van der Waals surface area contributed by atoms with Crippen molar-refractivity contribution in [2.24, 2.45) is 0 Å². The molecule has 0 aliphatic heterocycles. The number of amides is 1. The summed E-state index contributed by atoms with van der Waals surface area (Å²) in [7, 11) is 0. The zero-order valence-electron chi connectivity index (χ0n) is 15.7. The number of tetrazole rings is 1. The third-order valence-electron chi connectivity index (χ3n) is 4.47. The number of para-hydroxylation sites is 2. The summed E-state index contributed by atoms with van der Waals surface area (Å²) in [5.41, 5.74) is 0.819. The molecule has 1 aromatic heterocycles. The summed E-state index contributed by atoms with van der Waals surface area (Å²) >= 11 is 0. The number of fused-ring (bicyclic) bond motifs is 1. The van der Waals surface area contributed by atoms with Crippen LogP contribution < -0.4 is 10.6 Å². The zero-order valence-corrected chi connectivity index (χ0v) is 15.7. The van der Waals surface area contributed by atoms with E-state index in [0.29, 0.717) is 5.82 Å². The van der Waals surface area contributed by atoms with Crippen molar-refractivity contribution in [1.82, 2.24) is 25.5 Å². The van der Waals surface area contributed by atoms with E-state index in [1.807, 2.05) is 42.5 Å². The molecule has 30 heavy (non-hydrogen) atoms. The molecule has 150 valence electrons. The molecule has 1 heterocycles. The van der Waals surface area contributed by atoms with Crippen molar-refractivity contribution in [3.05, 3.63) is 82.7 Å². The van der Waals surface area contributed by atoms with Crippen molar-refractivity contribution in [3.63, 3.8) is 0 Å². The molecule has 0 aliphatic carbocycles. The fourth-order valence-electron chi connectivity index (χ4n) is 3.12. The summed E-state index contributed by atoms with van der Waals surface area (Å²) in [6.07, 6.45) is 0. The van der Waals surface area contributed by atoms with E-state index in [-0.39, 0.29) is 24.5 Å². The standard InChI is InChI=1S/C20H17N7O3/c28-20(22-16-9-3-4-10-18(16)27(29)30)13-21-12-19-23-24-25-26(19)17-11-5-7-14-6-1-2-8-15(14)17/h1-11,21H,12-13H2,(H,22,28). The highest BCUT2D eigenvalue weighted by atomic mass is 16.6. The Bertz CT molecular complexity index is 1220. The fraction of sp³-hybridized carbons (Fsp3) is 0.100. The van der Waals surface area contributed by atoms with Gasteiger partial charge in [-0.2, -0.15) is 4.68 Å². The molecule has 0 unspecified atom stereocenters. The summed E-state index contributed by atoms with van der Waals surface area (Å²) in [6.45, 7) is 0.176. The van der Waals surface area contributed by atoms with Crippen molar-refractivity contribution < 1.29 is 9.72 Å². The van der Waals surface area contributed by atoms with E-state index in [9.17, 15) is 14.9 Å². The first-order valence-electron chi connectivity index (χ1n) is 9.13. The maximum Gasteiger partial charge on any atom is 0.292 e. The molecule has 0 aliphatic rings. The molecule has 0 atom stereocenters. The predicted octanol–water partition coefficient (Wildman–Crippen LogP) is 2.45. The molecule has 0 saturated heterocycles. The molecule has 0 bridgehead atoms. The second-order valence-electron chi connectivity index (χ2n) is 6.43. The van der Waals surface area contributed by atoms with Crippen LogP contribution in [0.15, 0.2) is 66.7 Å². The van der Waals surface area contributed by atoms with E-state index in [1.165, 1.54) is 12.1 Å². The highest BCUT2D eigenvalue weighted by Crippen LogP contribution is 2.23. The second kappa shape index (κ2) is 8.45. The van der Waals surface area contributed by atoms with Gasteiger partial charge in [-0.15, -0.1) is 5.10 Å². The molecule has 1 amide bonds. The van der Waals surface area contributed by atoms with Gasteiger partial charge in [0.2, 0.25) is 5.91 Å². The summed E-state index contributed by atoms with van der Waals surface area (Å²) in [4.78, 5) is 22.7. The normalized spacial score (nSPS) is 10.8. The topological polar surface area (TPSA) is 128 Å². The number of carbonyl (C=O) groups is 1. The van der Waals surface area contributed by atoms with E-state index in [4.69, 9.17) is 0 Å². The molecule has 10 heteroatoms. The van der Waals surface area contributed by atoms with Crippen LogP contribution in [0.3, 0.4) is 0 Å². The second-order valence-corrected chi connectivity index (χ2v) is 6.43.